The summed E-state index contributed by atoms with van der Waals surface area (Å²) in [5.74, 6) is 0.792. The number of piperidine rings is 3. The molecule has 10 nitrogen and oxygen atoms in total. The number of carbonyl (C=O) groups excluding carboxylic acids is 3. The van der Waals surface area contributed by atoms with Gasteiger partial charge in [-0.2, -0.15) is 0 Å². The van der Waals surface area contributed by atoms with Crippen molar-refractivity contribution >= 4 is 24.2 Å². The van der Waals surface area contributed by atoms with Gasteiger partial charge in [0.1, 0.15) is 0 Å². The second-order valence-electron chi connectivity index (χ2n) is 8.62. The molecule has 4 atom stereocenters. The minimum Gasteiger partial charge on any atom is -0.483 e. The molecule has 3 aliphatic heterocycles. The lowest BCUT2D eigenvalue weighted by Gasteiger charge is -2.56. The summed E-state index contributed by atoms with van der Waals surface area (Å²) in [4.78, 5) is 57.8. The number of aryl methyl sites for hydroxylation is 1. The lowest BCUT2D eigenvalue weighted by atomic mass is 9.72. The molecule has 3 fully saturated rings. The fourth-order valence-electron chi connectivity index (χ4n) is 5.34. The third-order valence-electron chi connectivity index (χ3n) is 6.62. The van der Waals surface area contributed by atoms with Crippen LogP contribution in [0, 0.1) is 11.8 Å². The van der Waals surface area contributed by atoms with Crippen molar-refractivity contribution in [2.45, 2.75) is 57.5 Å². The van der Waals surface area contributed by atoms with Gasteiger partial charge < -0.3 is 20.2 Å². The van der Waals surface area contributed by atoms with Crippen LogP contribution in [-0.2, 0) is 25.6 Å². The number of amides is 3. The molecule has 3 aliphatic rings. The maximum absolute atomic E-state index is 12.9. The molecule has 3 amide bonds. The molecule has 0 aliphatic carbocycles. The van der Waals surface area contributed by atoms with Gasteiger partial charge >= 0.3 is 0 Å². The van der Waals surface area contributed by atoms with Crippen LogP contribution in [0.5, 0.6) is 0 Å². The van der Waals surface area contributed by atoms with Crippen LogP contribution in [-0.4, -0.2) is 80.8 Å². The zero-order valence-electron chi connectivity index (χ0n) is 18.4. The van der Waals surface area contributed by atoms with Gasteiger partial charge in [-0.3, -0.25) is 29.1 Å². The molecule has 4 rings (SSSR count). The SMILES string of the molecule is CC(=O)NC[C@H]1[C@H]2C[C@H](CN(C(=O)CCc3cnccn3)C2)[C@@H]2CCCC(=O)N21.O=CO. The number of aromatic nitrogens is 2. The van der Waals surface area contributed by atoms with Crippen LogP contribution in [0.3, 0.4) is 0 Å². The zero-order chi connectivity index (χ0) is 23.1. The van der Waals surface area contributed by atoms with Crippen LogP contribution in [0.15, 0.2) is 18.6 Å². The van der Waals surface area contributed by atoms with E-state index in [9.17, 15) is 14.4 Å². The Morgan fingerprint density at radius 2 is 2.03 bits per heavy atom. The van der Waals surface area contributed by atoms with E-state index in [1.807, 2.05) is 4.90 Å². The standard InChI is InChI=1S/C21H29N5O3.CH2O2/c1-14(27)24-11-19-16-9-15(18-3-2-4-21(29)26(18)19)12-25(13-16)20(28)6-5-17-10-22-7-8-23-17;2-1-3/h7-8,10,15-16,18-19H,2-6,9,11-13H2,1H3,(H,24,27);1H,(H,2,3)/t15-,16+,18+,19+;/m1./s1. The number of hydrogen-bond acceptors (Lipinski definition) is 6. The molecule has 0 radical (unpaired) electrons. The monoisotopic (exact) mass is 445 g/mol. The summed E-state index contributed by atoms with van der Waals surface area (Å²) in [7, 11) is 0. The van der Waals surface area contributed by atoms with Crippen LogP contribution in [0.2, 0.25) is 0 Å². The molecule has 1 aromatic heterocycles. The Balaban J connectivity index is 0.000000913. The van der Waals surface area contributed by atoms with Crippen LogP contribution in [0.4, 0.5) is 0 Å². The third kappa shape index (κ3) is 5.60. The second-order valence-corrected chi connectivity index (χ2v) is 8.62. The van der Waals surface area contributed by atoms with E-state index in [0.29, 0.717) is 38.3 Å². The van der Waals surface area contributed by atoms with E-state index in [4.69, 9.17) is 9.90 Å². The van der Waals surface area contributed by atoms with Crippen molar-refractivity contribution in [3.63, 3.8) is 0 Å². The van der Waals surface area contributed by atoms with Crippen LogP contribution < -0.4 is 5.32 Å². The molecule has 4 heterocycles. The Morgan fingerprint density at radius 3 is 2.72 bits per heavy atom. The van der Waals surface area contributed by atoms with Crippen LogP contribution in [0.25, 0.3) is 0 Å². The highest BCUT2D eigenvalue weighted by atomic mass is 16.3. The van der Waals surface area contributed by atoms with Gasteiger partial charge in [0.25, 0.3) is 6.47 Å². The number of hydrogen-bond donors (Lipinski definition) is 2. The lowest BCUT2D eigenvalue weighted by Crippen LogP contribution is -2.67. The Morgan fingerprint density at radius 1 is 1.28 bits per heavy atom. The van der Waals surface area contributed by atoms with Crippen LogP contribution in [0.1, 0.15) is 44.7 Å². The van der Waals surface area contributed by atoms with E-state index >= 15 is 0 Å². The summed E-state index contributed by atoms with van der Waals surface area (Å²) in [5, 5.41) is 9.80. The molecule has 0 spiro atoms. The predicted octanol–water partition coefficient (Wildman–Crippen LogP) is 0.474. The molecular weight excluding hydrogens is 414 g/mol. The molecule has 2 bridgehead atoms. The van der Waals surface area contributed by atoms with Crippen molar-refractivity contribution in [3.05, 3.63) is 24.3 Å². The second kappa shape index (κ2) is 11.0. The first-order valence-corrected chi connectivity index (χ1v) is 11.1. The summed E-state index contributed by atoms with van der Waals surface area (Å²) >= 11 is 0. The predicted molar refractivity (Wildman–Crippen MR) is 114 cm³/mol. The smallest absolute Gasteiger partial charge is 0.290 e. The van der Waals surface area contributed by atoms with Crippen molar-refractivity contribution in [2.75, 3.05) is 19.6 Å². The highest BCUT2D eigenvalue weighted by Gasteiger charge is 2.49. The van der Waals surface area contributed by atoms with Gasteiger partial charge in [0, 0.05) is 64.0 Å². The number of likely N-dealkylation sites (tertiary alicyclic amines) is 1. The van der Waals surface area contributed by atoms with Gasteiger partial charge in [0.2, 0.25) is 17.7 Å². The van der Waals surface area contributed by atoms with Crippen molar-refractivity contribution in [2.24, 2.45) is 11.8 Å². The minimum absolute atomic E-state index is 0.0245. The first-order valence-electron chi connectivity index (χ1n) is 11.1. The average molecular weight is 446 g/mol. The van der Waals surface area contributed by atoms with E-state index in [2.05, 4.69) is 20.2 Å². The average Bonchev–Trinajstić information content (AvgIpc) is 2.78. The fraction of sp³-hybridized carbons (Fsp3) is 0.636. The Labute approximate surface area is 187 Å². The van der Waals surface area contributed by atoms with Gasteiger partial charge in [-0.1, -0.05) is 0 Å². The molecular formula is C22H31N5O5. The molecule has 0 aromatic carbocycles. The van der Waals surface area contributed by atoms with E-state index in [0.717, 1.165) is 31.5 Å². The Kier molecular flexibility index (Phi) is 8.13. The van der Waals surface area contributed by atoms with E-state index in [-0.39, 0.29) is 42.2 Å². The molecule has 0 unspecified atom stereocenters. The molecule has 174 valence electrons. The Hall–Kier alpha value is -3.04. The highest BCUT2D eigenvalue weighted by Crippen LogP contribution is 2.41. The summed E-state index contributed by atoms with van der Waals surface area (Å²) in [6.45, 7) is 3.09. The number of carbonyl (C=O) groups is 4. The van der Waals surface area contributed by atoms with Crippen molar-refractivity contribution in [1.82, 2.24) is 25.1 Å². The first-order chi connectivity index (χ1) is 15.4. The molecule has 10 heteroatoms. The number of fused-ring (bicyclic) bond motifs is 4. The summed E-state index contributed by atoms with van der Waals surface area (Å²) in [5.41, 5.74) is 0.825. The van der Waals surface area contributed by atoms with Crippen molar-refractivity contribution in [3.8, 4) is 0 Å². The van der Waals surface area contributed by atoms with Gasteiger partial charge in [-0.05, 0) is 37.5 Å². The molecule has 2 N–H and O–H groups in total. The number of rotatable bonds is 5. The highest BCUT2D eigenvalue weighted by molar-refractivity contribution is 5.79. The maximum atomic E-state index is 12.9. The summed E-state index contributed by atoms with van der Waals surface area (Å²) in [6, 6.07) is 0.158. The molecule has 0 saturated carbocycles. The first kappa shape index (κ1) is 23.6. The lowest BCUT2D eigenvalue weighted by molar-refractivity contribution is -0.156. The fourth-order valence-corrected chi connectivity index (χ4v) is 5.34. The third-order valence-corrected chi connectivity index (χ3v) is 6.62. The quantitative estimate of drug-likeness (QED) is 0.630. The molecule has 32 heavy (non-hydrogen) atoms. The Bertz CT molecular complexity index is 820. The number of nitrogens with zero attached hydrogens (tertiary/aromatic N) is 4. The number of carboxylic acid groups (broad SMARTS) is 1. The van der Waals surface area contributed by atoms with Crippen molar-refractivity contribution in [1.29, 1.82) is 0 Å². The topological polar surface area (TPSA) is 133 Å². The van der Waals surface area contributed by atoms with Crippen molar-refractivity contribution < 1.29 is 24.3 Å². The van der Waals surface area contributed by atoms with Gasteiger partial charge in [-0.15, -0.1) is 0 Å². The largest absolute Gasteiger partial charge is 0.483 e. The summed E-state index contributed by atoms with van der Waals surface area (Å²) in [6.07, 6.45) is 9.49. The molecule has 3 saturated heterocycles. The van der Waals surface area contributed by atoms with Gasteiger partial charge in [-0.25, -0.2) is 0 Å². The zero-order valence-corrected chi connectivity index (χ0v) is 18.4. The number of nitrogens with one attached hydrogen (secondary N) is 1. The summed E-state index contributed by atoms with van der Waals surface area (Å²) < 4.78 is 0. The van der Waals surface area contributed by atoms with E-state index in [1.54, 1.807) is 18.6 Å². The van der Waals surface area contributed by atoms with E-state index < -0.39 is 0 Å². The maximum Gasteiger partial charge on any atom is 0.290 e. The van der Waals surface area contributed by atoms with Crippen LogP contribution >= 0.6 is 0 Å². The van der Waals surface area contributed by atoms with E-state index in [1.165, 1.54) is 6.92 Å². The van der Waals surface area contributed by atoms with Gasteiger partial charge in [0.15, 0.2) is 0 Å². The van der Waals surface area contributed by atoms with Gasteiger partial charge in [0.05, 0.1) is 11.7 Å². The minimum atomic E-state index is -0.250. The normalized spacial score (nSPS) is 26.3. The molecule has 1 aromatic rings.